The van der Waals surface area contributed by atoms with Gasteiger partial charge in [-0.05, 0) is 19.1 Å². The first-order valence-electron chi connectivity index (χ1n) is 7.25. The van der Waals surface area contributed by atoms with Crippen molar-refractivity contribution in [1.29, 1.82) is 0 Å². The zero-order chi connectivity index (χ0) is 14.8. The van der Waals surface area contributed by atoms with E-state index in [1.54, 1.807) is 6.07 Å². The quantitative estimate of drug-likeness (QED) is 0.802. The average Bonchev–Trinajstić information content (AvgIpc) is 2.84. The number of imidazole rings is 1. The summed E-state index contributed by atoms with van der Waals surface area (Å²) in [7, 11) is 0. The van der Waals surface area contributed by atoms with E-state index in [1.807, 2.05) is 18.7 Å². The Bertz CT molecular complexity index is 623. The van der Waals surface area contributed by atoms with E-state index >= 15 is 0 Å². The lowest BCUT2D eigenvalue weighted by Crippen LogP contribution is -2.35. The second-order valence-electron chi connectivity index (χ2n) is 5.32. The zero-order valence-electron chi connectivity index (χ0n) is 12.1. The van der Waals surface area contributed by atoms with Gasteiger partial charge >= 0.3 is 0 Å². The van der Waals surface area contributed by atoms with Crippen molar-refractivity contribution in [3.63, 3.8) is 0 Å². The Kier molecular flexibility index (Phi) is 4.72. The lowest BCUT2D eigenvalue weighted by atomic mass is 10.3. The van der Waals surface area contributed by atoms with Gasteiger partial charge in [0.15, 0.2) is 0 Å². The fraction of sp³-hybridized carbons (Fsp3) is 0.533. The van der Waals surface area contributed by atoms with E-state index < -0.39 is 0 Å². The Hall–Kier alpha value is -0.780. The molecule has 1 aromatic heterocycles. The topological polar surface area (TPSA) is 21.1 Å². The monoisotopic (exact) mass is 327 g/mol. The molecule has 114 valence electrons. The summed E-state index contributed by atoms with van der Waals surface area (Å²) in [4.78, 5) is 6.97. The molecule has 0 amide bonds. The minimum absolute atomic E-state index is 0.183. The van der Waals surface area contributed by atoms with E-state index in [4.69, 9.17) is 11.6 Å². The van der Waals surface area contributed by atoms with Crippen molar-refractivity contribution in [2.75, 3.05) is 31.1 Å². The SMILES string of the molecule is CC(Cl)c1nc2cc(F)ccc2n1CCN1CCSCC1. The second-order valence-corrected chi connectivity index (χ2v) is 7.20. The molecular formula is C15H19ClFN3S. The molecule has 0 N–H and O–H groups in total. The van der Waals surface area contributed by atoms with Crippen LogP contribution in [-0.2, 0) is 6.54 Å². The van der Waals surface area contributed by atoms with E-state index in [-0.39, 0.29) is 11.2 Å². The molecule has 0 bridgehead atoms. The third-order valence-electron chi connectivity index (χ3n) is 3.84. The van der Waals surface area contributed by atoms with Crippen LogP contribution in [-0.4, -0.2) is 45.6 Å². The number of halogens is 2. The van der Waals surface area contributed by atoms with Crippen LogP contribution in [0.15, 0.2) is 18.2 Å². The van der Waals surface area contributed by atoms with Gasteiger partial charge in [-0.1, -0.05) is 0 Å². The third kappa shape index (κ3) is 3.35. The first kappa shape index (κ1) is 15.1. The van der Waals surface area contributed by atoms with Crippen LogP contribution in [0.1, 0.15) is 18.1 Å². The van der Waals surface area contributed by atoms with Crippen molar-refractivity contribution in [3.8, 4) is 0 Å². The van der Waals surface area contributed by atoms with Crippen LogP contribution in [0.25, 0.3) is 11.0 Å². The molecule has 0 spiro atoms. The van der Waals surface area contributed by atoms with E-state index in [0.29, 0.717) is 5.52 Å². The average molecular weight is 328 g/mol. The molecule has 1 aromatic carbocycles. The molecule has 6 heteroatoms. The van der Waals surface area contributed by atoms with E-state index in [0.717, 1.165) is 37.5 Å². The Morgan fingerprint density at radius 2 is 2.10 bits per heavy atom. The van der Waals surface area contributed by atoms with Gasteiger partial charge in [0.2, 0.25) is 0 Å². The number of thioether (sulfide) groups is 1. The highest BCUT2D eigenvalue weighted by Gasteiger charge is 2.17. The van der Waals surface area contributed by atoms with Gasteiger partial charge in [0.1, 0.15) is 11.6 Å². The van der Waals surface area contributed by atoms with Crippen LogP contribution in [0, 0.1) is 5.82 Å². The first-order chi connectivity index (χ1) is 10.1. The van der Waals surface area contributed by atoms with Crippen molar-refractivity contribution in [2.24, 2.45) is 0 Å². The molecule has 21 heavy (non-hydrogen) atoms. The predicted octanol–water partition coefficient (Wildman–Crippen LogP) is 3.52. The van der Waals surface area contributed by atoms with Gasteiger partial charge in [-0.25, -0.2) is 9.37 Å². The molecule has 0 saturated carbocycles. The minimum atomic E-state index is -0.256. The maximum absolute atomic E-state index is 13.4. The Morgan fingerprint density at radius 1 is 1.33 bits per heavy atom. The molecule has 3 rings (SSSR count). The van der Waals surface area contributed by atoms with Gasteiger partial charge in [-0.2, -0.15) is 11.8 Å². The highest BCUT2D eigenvalue weighted by molar-refractivity contribution is 7.99. The molecule has 1 saturated heterocycles. The lowest BCUT2D eigenvalue weighted by molar-refractivity contribution is 0.289. The third-order valence-corrected chi connectivity index (χ3v) is 4.98. The normalized spacial score (nSPS) is 18.2. The fourth-order valence-electron chi connectivity index (χ4n) is 2.73. The number of alkyl halides is 1. The number of aromatic nitrogens is 2. The molecule has 2 heterocycles. The second kappa shape index (κ2) is 6.55. The Balaban J connectivity index is 1.86. The molecule has 1 aliphatic heterocycles. The van der Waals surface area contributed by atoms with E-state index in [2.05, 4.69) is 14.5 Å². The van der Waals surface area contributed by atoms with E-state index in [1.165, 1.54) is 23.6 Å². The zero-order valence-corrected chi connectivity index (χ0v) is 13.6. The molecule has 1 aliphatic rings. The maximum Gasteiger partial charge on any atom is 0.127 e. The molecule has 3 nitrogen and oxygen atoms in total. The molecule has 0 aliphatic carbocycles. The summed E-state index contributed by atoms with van der Waals surface area (Å²) in [6.45, 7) is 6.02. The summed E-state index contributed by atoms with van der Waals surface area (Å²) in [5.41, 5.74) is 1.65. The predicted molar refractivity (Wildman–Crippen MR) is 87.7 cm³/mol. The smallest absolute Gasteiger partial charge is 0.127 e. The minimum Gasteiger partial charge on any atom is -0.325 e. The summed E-state index contributed by atoms with van der Waals surface area (Å²) < 4.78 is 15.5. The molecule has 1 atom stereocenters. The van der Waals surface area contributed by atoms with Gasteiger partial charge in [-0.15, -0.1) is 11.6 Å². The van der Waals surface area contributed by atoms with Crippen LogP contribution in [0.2, 0.25) is 0 Å². The molecule has 1 fully saturated rings. The van der Waals surface area contributed by atoms with E-state index in [9.17, 15) is 4.39 Å². The molecule has 0 radical (unpaired) electrons. The number of benzene rings is 1. The van der Waals surface area contributed by atoms with Crippen LogP contribution >= 0.6 is 23.4 Å². The van der Waals surface area contributed by atoms with Crippen molar-refractivity contribution in [2.45, 2.75) is 18.8 Å². The van der Waals surface area contributed by atoms with Crippen LogP contribution in [0.4, 0.5) is 4.39 Å². The highest BCUT2D eigenvalue weighted by Crippen LogP contribution is 2.25. The Morgan fingerprint density at radius 3 is 2.81 bits per heavy atom. The number of fused-ring (bicyclic) bond motifs is 1. The first-order valence-corrected chi connectivity index (χ1v) is 8.84. The summed E-state index contributed by atoms with van der Waals surface area (Å²) in [6, 6.07) is 4.76. The molecular weight excluding hydrogens is 309 g/mol. The highest BCUT2D eigenvalue weighted by atomic mass is 35.5. The largest absolute Gasteiger partial charge is 0.325 e. The summed E-state index contributed by atoms with van der Waals surface area (Å²) >= 11 is 8.26. The van der Waals surface area contributed by atoms with Gasteiger partial charge in [0.25, 0.3) is 0 Å². The summed E-state index contributed by atoms with van der Waals surface area (Å²) in [5, 5.41) is -0.183. The van der Waals surface area contributed by atoms with Crippen molar-refractivity contribution < 1.29 is 4.39 Å². The van der Waals surface area contributed by atoms with Gasteiger partial charge in [0, 0.05) is 43.8 Å². The van der Waals surface area contributed by atoms with Crippen LogP contribution < -0.4 is 0 Å². The molecule has 2 aromatic rings. The Labute approximate surface area is 133 Å². The van der Waals surface area contributed by atoms with Crippen LogP contribution in [0.5, 0.6) is 0 Å². The fourth-order valence-corrected chi connectivity index (χ4v) is 3.87. The standard InChI is InChI=1S/C15H19ClFN3S/c1-11(16)15-18-13-10-12(17)2-3-14(13)20(15)5-4-19-6-8-21-9-7-19/h2-3,10-11H,4-9H2,1H3. The maximum atomic E-state index is 13.4. The van der Waals surface area contributed by atoms with Crippen molar-refractivity contribution in [3.05, 3.63) is 29.8 Å². The molecule has 1 unspecified atom stereocenters. The summed E-state index contributed by atoms with van der Waals surface area (Å²) in [6.07, 6.45) is 0. The van der Waals surface area contributed by atoms with Gasteiger partial charge in [-0.3, -0.25) is 4.90 Å². The number of hydrogen-bond acceptors (Lipinski definition) is 3. The number of hydrogen-bond donors (Lipinski definition) is 0. The van der Waals surface area contributed by atoms with Crippen molar-refractivity contribution in [1.82, 2.24) is 14.5 Å². The number of rotatable bonds is 4. The van der Waals surface area contributed by atoms with Crippen LogP contribution in [0.3, 0.4) is 0 Å². The summed E-state index contributed by atoms with van der Waals surface area (Å²) in [5.74, 6) is 2.97. The number of nitrogens with zero attached hydrogens (tertiary/aromatic N) is 3. The van der Waals surface area contributed by atoms with Crippen molar-refractivity contribution >= 4 is 34.4 Å². The lowest BCUT2D eigenvalue weighted by Gasteiger charge is -2.26. The van der Waals surface area contributed by atoms with Gasteiger partial charge in [0.05, 0.1) is 16.4 Å². The van der Waals surface area contributed by atoms with Gasteiger partial charge < -0.3 is 4.57 Å².